The molecule has 0 saturated carbocycles. The molecule has 3 fully saturated rings. The molecule has 2 atom stereocenters. The van der Waals surface area contributed by atoms with Crippen molar-refractivity contribution in [3.8, 4) is 0 Å². The Morgan fingerprint density at radius 1 is 1.12 bits per heavy atom. The van der Waals surface area contributed by atoms with Gasteiger partial charge in [-0.15, -0.1) is 0 Å². The highest BCUT2D eigenvalue weighted by atomic mass is 16.3. The standard InChI is InChI=1S/C22H24N2O/c25-22(15-24-12-9-20(22)10-13-24)19-6-3-16(4-7-19)17-5-8-21-18(14-17)2-1-11-23-21/h1-8,11,14,20-21,23,25H,9-10,12-13,15H2. The number of hydrogen-bond donors (Lipinski definition) is 2. The summed E-state index contributed by atoms with van der Waals surface area (Å²) < 4.78 is 0. The zero-order valence-electron chi connectivity index (χ0n) is 14.4. The van der Waals surface area contributed by atoms with Crippen molar-refractivity contribution in [3.63, 3.8) is 0 Å². The molecule has 0 radical (unpaired) electrons. The third kappa shape index (κ3) is 2.50. The zero-order chi connectivity index (χ0) is 16.9. The van der Waals surface area contributed by atoms with Crippen LogP contribution < -0.4 is 5.32 Å². The summed E-state index contributed by atoms with van der Waals surface area (Å²) >= 11 is 0. The SMILES string of the molecule is OC1(c2ccc(C3=CC4=CC=CNC4C=C3)cc2)CN2CCC1CC2. The normalized spacial score (nSPS) is 35.6. The zero-order valence-corrected chi connectivity index (χ0v) is 14.4. The van der Waals surface area contributed by atoms with Gasteiger partial charge in [-0.2, -0.15) is 0 Å². The lowest BCUT2D eigenvalue weighted by Crippen LogP contribution is -2.57. The van der Waals surface area contributed by atoms with Gasteiger partial charge >= 0.3 is 0 Å². The summed E-state index contributed by atoms with van der Waals surface area (Å²) in [7, 11) is 0. The molecule has 1 aromatic carbocycles. The first-order chi connectivity index (χ1) is 12.2. The first-order valence-electron chi connectivity index (χ1n) is 9.31. The van der Waals surface area contributed by atoms with Crippen molar-refractivity contribution in [2.24, 2.45) is 5.92 Å². The van der Waals surface area contributed by atoms with Crippen molar-refractivity contribution in [1.82, 2.24) is 10.2 Å². The van der Waals surface area contributed by atoms with E-state index in [1.807, 2.05) is 12.3 Å². The minimum atomic E-state index is -0.669. The molecule has 1 aromatic rings. The summed E-state index contributed by atoms with van der Waals surface area (Å²) in [5.41, 5.74) is 4.13. The van der Waals surface area contributed by atoms with E-state index >= 15 is 0 Å². The third-order valence-corrected chi connectivity index (χ3v) is 6.26. The molecule has 2 bridgehead atoms. The summed E-state index contributed by atoms with van der Waals surface area (Å²) in [5, 5.41) is 14.6. The van der Waals surface area contributed by atoms with E-state index in [1.165, 1.54) is 16.7 Å². The number of dihydropyridines is 1. The maximum atomic E-state index is 11.3. The van der Waals surface area contributed by atoms with Gasteiger partial charge in [-0.05, 0) is 72.5 Å². The van der Waals surface area contributed by atoms with Gasteiger partial charge < -0.3 is 15.3 Å². The van der Waals surface area contributed by atoms with Crippen molar-refractivity contribution in [1.29, 1.82) is 0 Å². The van der Waals surface area contributed by atoms with E-state index in [-0.39, 0.29) is 0 Å². The lowest BCUT2D eigenvalue weighted by atomic mass is 9.71. The van der Waals surface area contributed by atoms with E-state index in [9.17, 15) is 5.11 Å². The fraction of sp³-hybridized carbons (Fsp3) is 0.364. The average Bonchev–Trinajstić information content (AvgIpc) is 2.68. The number of aliphatic hydroxyl groups is 1. The van der Waals surface area contributed by atoms with Crippen LogP contribution in [-0.2, 0) is 5.60 Å². The molecule has 6 rings (SSSR count). The molecule has 0 aromatic heterocycles. The van der Waals surface area contributed by atoms with E-state index in [0.717, 1.165) is 38.0 Å². The molecule has 2 unspecified atom stereocenters. The van der Waals surface area contributed by atoms with E-state index in [0.29, 0.717) is 12.0 Å². The summed E-state index contributed by atoms with van der Waals surface area (Å²) in [5.74, 6) is 0.406. The van der Waals surface area contributed by atoms with Gasteiger partial charge in [-0.25, -0.2) is 0 Å². The summed E-state index contributed by atoms with van der Waals surface area (Å²) in [4.78, 5) is 2.40. The van der Waals surface area contributed by atoms with Crippen LogP contribution in [0.1, 0.15) is 24.0 Å². The Morgan fingerprint density at radius 3 is 2.64 bits per heavy atom. The molecule has 0 amide bonds. The van der Waals surface area contributed by atoms with Gasteiger partial charge in [0, 0.05) is 6.54 Å². The second kappa shape index (κ2) is 5.72. The number of hydrogen-bond acceptors (Lipinski definition) is 3. The Bertz CT molecular complexity index is 794. The minimum Gasteiger partial charge on any atom is -0.384 e. The smallest absolute Gasteiger partial charge is 0.105 e. The molecule has 0 spiro atoms. The molecule has 128 valence electrons. The van der Waals surface area contributed by atoms with E-state index in [4.69, 9.17) is 0 Å². The number of piperidine rings is 3. The Balaban J connectivity index is 1.43. The lowest BCUT2D eigenvalue weighted by Gasteiger charge is -2.50. The van der Waals surface area contributed by atoms with Gasteiger partial charge in [0.15, 0.2) is 0 Å². The van der Waals surface area contributed by atoms with Crippen LogP contribution in [-0.4, -0.2) is 35.7 Å². The molecule has 2 N–H and O–H groups in total. The summed E-state index contributed by atoms with van der Waals surface area (Å²) in [6.45, 7) is 3.06. The topological polar surface area (TPSA) is 35.5 Å². The molecule has 3 heteroatoms. The van der Waals surface area contributed by atoms with Crippen LogP contribution >= 0.6 is 0 Å². The minimum absolute atomic E-state index is 0.292. The monoisotopic (exact) mass is 332 g/mol. The highest BCUT2D eigenvalue weighted by molar-refractivity contribution is 5.79. The van der Waals surface area contributed by atoms with Gasteiger partial charge in [0.2, 0.25) is 0 Å². The molecular weight excluding hydrogens is 308 g/mol. The Morgan fingerprint density at radius 2 is 1.92 bits per heavy atom. The van der Waals surface area contributed by atoms with Crippen LogP contribution in [0.4, 0.5) is 0 Å². The molecule has 3 nitrogen and oxygen atoms in total. The number of nitrogens with zero attached hydrogens (tertiary/aromatic N) is 1. The highest BCUT2D eigenvalue weighted by Gasteiger charge is 2.46. The number of nitrogens with one attached hydrogen (secondary N) is 1. The average molecular weight is 332 g/mol. The second-order valence-electron chi connectivity index (χ2n) is 7.68. The fourth-order valence-corrected chi connectivity index (χ4v) is 4.75. The van der Waals surface area contributed by atoms with Crippen LogP contribution in [0.15, 0.2) is 66.4 Å². The van der Waals surface area contributed by atoms with Crippen LogP contribution in [0.5, 0.6) is 0 Å². The highest BCUT2D eigenvalue weighted by Crippen LogP contribution is 2.42. The molecule has 3 saturated heterocycles. The maximum absolute atomic E-state index is 11.3. The predicted octanol–water partition coefficient (Wildman–Crippen LogP) is 2.96. The summed E-state index contributed by atoms with van der Waals surface area (Å²) in [6, 6.07) is 8.87. The third-order valence-electron chi connectivity index (χ3n) is 6.26. The maximum Gasteiger partial charge on any atom is 0.105 e. The number of fused-ring (bicyclic) bond motifs is 4. The van der Waals surface area contributed by atoms with Gasteiger partial charge in [0.05, 0.1) is 6.04 Å². The van der Waals surface area contributed by atoms with Crippen LogP contribution in [0.3, 0.4) is 0 Å². The number of allylic oxidation sites excluding steroid dienone is 4. The second-order valence-corrected chi connectivity index (χ2v) is 7.68. The van der Waals surface area contributed by atoms with Crippen LogP contribution in [0, 0.1) is 5.92 Å². The van der Waals surface area contributed by atoms with Crippen molar-refractivity contribution in [2.75, 3.05) is 19.6 Å². The number of benzene rings is 1. The van der Waals surface area contributed by atoms with Crippen molar-refractivity contribution in [2.45, 2.75) is 24.5 Å². The van der Waals surface area contributed by atoms with E-state index in [2.05, 4.69) is 58.8 Å². The Labute approximate surface area is 149 Å². The van der Waals surface area contributed by atoms with E-state index < -0.39 is 5.60 Å². The summed E-state index contributed by atoms with van der Waals surface area (Å²) in [6.07, 6.45) is 15.1. The predicted molar refractivity (Wildman–Crippen MR) is 101 cm³/mol. The Kier molecular flexibility index (Phi) is 3.47. The first kappa shape index (κ1) is 15.2. The molecular formula is C22H24N2O. The van der Waals surface area contributed by atoms with Crippen molar-refractivity contribution < 1.29 is 5.11 Å². The molecule has 1 aliphatic carbocycles. The quantitative estimate of drug-likeness (QED) is 0.874. The molecule has 25 heavy (non-hydrogen) atoms. The lowest BCUT2D eigenvalue weighted by molar-refractivity contribution is -0.117. The molecule has 4 heterocycles. The fourth-order valence-electron chi connectivity index (χ4n) is 4.75. The first-order valence-corrected chi connectivity index (χ1v) is 9.31. The Hall–Kier alpha value is -2.10. The molecule has 5 aliphatic rings. The van der Waals surface area contributed by atoms with Gasteiger partial charge in [-0.1, -0.05) is 42.5 Å². The molecule has 4 aliphatic heterocycles. The van der Waals surface area contributed by atoms with E-state index in [1.54, 1.807) is 0 Å². The largest absolute Gasteiger partial charge is 0.384 e. The van der Waals surface area contributed by atoms with Crippen molar-refractivity contribution >= 4 is 5.57 Å². The van der Waals surface area contributed by atoms with Gasteiger partial charge in [0.1, 0.15) is 5.60 Å². The van der Waals surface area contributed by atoms with Crippen LogP contribution in [0.25, 0.3) is 5.57 Å². The van der Waals surface area contributed by atoms with Gasteiger partial charge in [0.25, 0.3) is 0 Å². The van der Waals surface area contributed by atoms with Gasteiger partial charge in [-0.3, -0.25) is 0 Å². The van der Waals surface area contributed by atoms with Crippen LogP contribution in [0.2, 0.25) is 0 Å². The van der Waals surface area contributed by atoms with Crippen molar-refractivity contribution in [3.05, 3.63) is 77.5 Å². The number of rotatable bonds is 2.